The first-order chi connectivity index (χ1) is 7.18. The maximum absolute atomic E-state index is 10.9. The smallest absolute Gasteiger partial charge is 0.336 e. The van der Waals surface area contributed by atoms with Gasteiger partial charge in [-0.2, -0.15) is 0 Å². The number of nitrogen functional groups attached to an aromatic ring is 1. The standard InChI is InChI=1S/C10H8N2O3/c11-9-4-6(10(13)14)7(5-12-9)8-2-1-3-15-8/h1-5H,(H2,11,12)(H,13,14). The molecule has 3 N–H and O–H groups in total. The summed E-state index contributed by atoms with van der Waals surface area (Å²) in [5, 5.41) is 8.96. The van der Waals surface area contributed by atoms with Crippen molar-refractivity contribution in [1.82, 2.24) is 4.98 Å². The van der Waals surface area contributed by atoms with Gasteiger partial charge in [-0.15, -0.1) is 0 Å². The molecule has 0 aliphatic rings. The Morgan fingerprint density at radius 2 is 2.33 bits per heavy atom. The molecule has 2 aromatic rings. The van der Waals surface area contributed by atoms with Crippen LogP contribution in [0.1, 0.15) is 10.4 Å². The van der Waals surface area contributed by atoms with E-state index in [4.69, 9.17) is 15.3 Å². The molecule has 2 rings (SSSR count). The monoisotopic (exact) mass is 204 g/mol. The van der Waals surface area contributed by atoms with Crippen LogP contribution in [-0.2, 0) is 0 Å². The number of furan rings is 1. The van der Waals surface area contributed by atoms with Crippen molar-refractivity contribution in [1.29, 1.82) is 0 Å². The van der Waals surface area contributed by atoms with Gasteiger partial charge in [0.25, 0.3) is 0 Å². The van der Waals surface area contributed by atoms with Gasteiger partial charge >= 0.3 is 5.97 Å². The summed E-state index contributed by atoms with van der Waals surface area (Å²) < 4.78 is 5.11. The fraction of sp³-hybridized carbons (Fsp3) is 0. The van der Waals surface area contributed by atoms with E-state index in [-0.39, 0.29) is 11.4 Å². The zero-order valence-corrected chi connectivity index (χ0v) is 7.68. The van der Waals surface area contributed by atoms with Gasteiger partial charge in [-0.3, -0.25) is 0 Å². The summed E-state index contributed by atoms with van der Waals surface area (Å²) in [6.07, 6.45) is 2.86. The zero-order chi connectivity index (χ0) is 10.8. The first-order valence-electron chi connectivity index (χ1n) is 4.21. The second-order valence-corrected chi connectivity index (χ2v) is 2.94. The highest BCUT2D eigenvalue weighted by molar-refractivity contribution is 5.95. The predicted molar refractivity (Wildman–Crippen MR) is 53.3 cm³/mol. The minimum absolute atomic E-state index is 0.0810. The molecule has 0 atom stereocenters. The summed E-state index contributed by atoms with van der Waals surface area (Å²) in [6.45, 7) is 0. The number of pyridine rings is 1. The first-order valence-corrected chi connectivity index (χ1v) is 4.21. The van der Waals surface area contributed by atoms with Gasteiger partial charge in [0.15, 0.2) is 0 Å². The number of aromatic nitrogens is 1. The maximum Gasteiger partial charge on any atom is 0.336 e. The lowest BCUT2D eigenvalue weighted by Gasteiger charge is -2.02. The van der Waals surface area contributed by atoms with Crippen molar-refractivity contribution in [3.8, 4) is 11.3 Å². The van der Waals surface area contributed by atoms with E-state index in [1.165, 1.54) is 18.5 Å². The van der Waals surface area contributed by atoms with Gasteiger partial charge in [0, 0.05) is 6.20 Å². The SMILES string of the molecule is Nc1cc(C(=O)O)c(-c2ccco2)cn1. The molecular formula is C10H8N2O3. The van der Waals surface area contributed by atoms with Gasteiger partial charge in [-0.25, -0.2) is 9.78 Å². The lowest BCUT2D eigenvalue weighted by Crippen LogP contribution is -2.02. The summed E-state index contributed by atoms with van der Waals surface area (Å²) in [5.41, 5.74) is 5.91. The first kappa shape index (κ1) is 9.26. The molecule has 0 bridgehead atoms. The minimum Gasteiger partial charge on any atom is -0.478 e. The molecule has 0 unspecified atom stereocenters. The highest BCUT2D eigenvalue weighted by atomic mass is 16.4. The molecule has 2 aromatic heterocycles. The molecule has 0 spiro atoms. The van der Waals surface area contributed by atoms with E-state index in [1.807, 2.05) is 0 Å². The van der Waals surface area contributed by atoms with E-state index >= 15 is 0 Å². The molecule has 76 valence electrons. The Morgan fingerprint density at radius 3 is 2.93 bits per heavy atom. The molecule has 5 nitrogen and oxygen atoms in total. The van der Waals surface area contributed by atoms with Crippen LogP contribution in [0.15, 0.2) is 35.1 Å². The Kier molecular flexibility index (Phi) is 2.13. The molecule has 0 saturated heterocycles. The van der Waals surface area contributed by atoms with Crippen molar-refractivity contribution < 1.29 is 14.3 Å². The lowest BCUT2D eigenvalue weighted by atomic mass is 10.1. The molecule has 0 amide bonds. The Morgan fingerprint density at radius 1 is 1.53 bits per heavy atom. The minimum atomic E-state index is -1.06. The number of nitrogens with two attached hydrogens (primary N) is 1. The fourth-order valence-electron chi connectivity index (χ4n) is 1.28. The average Bonchev–Trinajstić information content (AvgIpc) is 2.70. The number of aromatic carboxylic acids is 1. The molecule has 0 radical (unpaired) electrons. The van der Waals surface area contributed by atoms with E-state index in [2.05, 4.69) is 4.98 Å². The van der Waals surface area contributed by atoms with Gasteiger partial charge in [0.05, 0.1) is 17.4 Å². The number of carbonyl (C=O) groups is 1. The third-order valence-corrected chi connectivity index (χ3v) is 1.94. The summed E-state index contributed by atoms with van der Waals surface area (Å²) >= 11 is 0. The molecule has 15 heavy (non-hydrogen) atoms. The van der Waals surface area contributed by atoms with Crippen LogP contribution < -0.4 is 5.73 Å². The van der Waals surface area contributed by atoms with Crippen LogP contribution in [0, 0.1) is 0 Å². The Bertz CT molecular complexity index is 491. The van der Waals surface area contributed by atoms with Crippen LogP contribution in [-0.4, -0.2) is 16.1 Å². The number of nitrogens with zero attached hydrogens (tertiary/aromatic N) is 1. The molecule has 0 aliphatic carbocycles. The van der Waals surface area contributed by atoms with E-state index < -0.39 is 5.97 Å². The van der Waals surface area contributed by atoms with Crippen molar-refractivity contribution >= 4 is 11.8 Å². The number of carboxylic acid groups (broad SMARTS) is 1. The highest BCUT2D eigenvalue weighted by Crippen LogP contribution is 2.24. The summed E-state index contributed by atoms with van der Waals surface area (Å²) in [5.74, 6) is -0.432. The quantitative estimate of drug-likeness (QED) is 0.775. The maximum atomic E-state index is 10.9. The fourth-order valence-corrected chi connectivity index (χ4v) is 1.28. The van der Waals surface area contributed by atoms with Crippen LogP contribution in [0.5, 0.6) is 0 Å². The van der Waals surface area contributed by atoms with Gasteiger partial charge < -0.3 is 15.3 Å². The Hall–Kier alpha value is -2.30. The molecular weight excluding hydrogens is 196 g/mol. The number of carboxylic acids is 1. The summed E-state index contributed by atoms with van der Waals surface area (Å²) in [6, 6.07) is 4.65. The summed E-state index contributed by atoms with van der Waals surface area (Å²) in [7, 11) is 0. The van der Waals surface area contributed by atoms with Crippen molar-refractivity contribution in [2.24, 2.45) is 0 Å². The van der Waals surface area contributed by atoms with Gasteiger partial charge in [0.1, 0.15) is 11.6 Å². The van der Waals surface area contributed by atoms with Crippen LogP contribution in [0.4, 0.5) is 5.82 Å². The third-order valence-electron chi connectivity index (χ3n) is 1.94. The molecule has 0 aromatic carbocycles. The van der Waals surface area contributed by atoms with Crippen molar-refractivity contribution in [2.45, 2.75) is 0 Å². The number of rotatable bonds is 2. The molecule has 0 aliphatic heterocycles. The number of hydrogen-bond donors (Lipinski definition) is 2. The predicted octanol–water partition coefficient (Wildman–Crippen LogP) is 1.62. The van der Waals surface area contributed by atoms with Crippen LogP contribution in [0.3, 0.4) is 0 Å². The lowest BCUT2D eigenvalue weighted by molar-refractivity contribution is 0.0697. The van der Waals surface area contributed by atoms with Crippen molar-refractivity contribution in [3.05, 3.63) is 36.2 Å². The summed E-state index contributed by atoms with van der Waals surface area (Å²) in [4.78, 5) is 14.8. The van der Waals surface area contributed by atoms with E-state index in [9.17, 15) is 4.79 Å². The van der Waals surface area contributed by atoms with E-state index in [1.54, 1.807) is 12.1 Å². The molecule has 0 saturated carbocycles. The number of anilines is 1. The van der Waals surface area contributed by atoms with Crippen LogP contribution >= 0.6 is 0 Å². The largest absolute Gasteiger partial charge is 0.478 e. The third kappa shape index (κ3) is 1.67. The molecule has 0 fully saturated rings. The van der Waals surface area contributed by atoms with Gasteiger partial charge in [-0.1, -0.05) is 0 Å². The zero-order valence-electron chi connectivity index (χ0n) is 7.68. The topological polar surface area (TPSA) is 89.4 Å². The van der Waals surface area contributed by atoms with E-state index in [0.717, 1.165) is 0 Å². The second-order valence-electron chi connectivity index (χ2n) is 2.94. The highest BCUT2D eigenvalue weighted by Gasteiger charge is 2.14. The van der Waals surface area contributed by atoms with Crippen LogP contribution in [0.25, 0.3) is 11.3 Å². The van der Waals surface area contributed by atoms with Crippen molar-refractivity contribution in [2.75, 3.05) is 5.73 Å². The normalized spacial score (nSPS) is 10.1. The Labute approximate surface area is 85.2 Å². The molecule has 2 heterocycles. The average molecular weight is 204 g/mol. The van der Waals surface area contributed by atoms with Crippen molar-refractivity contribution in [3.63, 3.8) is 0 Å². The molecule has 5 heteroatoms. The second kappa shape index (κ2) is 3.45. The van der Waals surface area contributed by atoms with Crippen LogP contribution in [0.2, 0.25) is 0 Å². The van der Waals surface area contributed by atoms with E-state index in [0.29, 0.717) is 11.3 Å². The Balaban J connectivity index is 2.61. The van der Waals surface area contributed by atoms with Gasteiger partial charge in [-0.05, 0) is 18.2 Å². The van der Waals surface area contributed by atoms with Gasteiger partial charge in [0.2, 0.25) is 0 Å². The number of hydrogen-bond acceptors (Lipinski definition) is 4.